The zero-order valence-electron chi connectivity index (χ0n) is 12.4. The van der Waals surface area contributed by atoms with Gasteiger partial charge in [0, 0.05) is 12.6 Å². The van der Waals surface area contributed by atoms with E-state index in [1.54, 1.807) is 0 Å². The lowest BCUT2D eigenvalue weighted by Gasteiger charge is -2.32. The van der Waals surface area contributed by atoms with Gasteiger partial charge in [0.2, 0.25) is 0 Å². The molecule has 1 saturated heterocycles. The lowest BCUT2D eigenvalue weighted by atomic mass is 10.1. The van der Waals surface area contributed by atoms with Gasteiger partial charge in [0.1, 0.15) is 5.82 Å². The third kappa shape index (κ3) is 2.45. The van der Waals surface area contributed by atoms with Crippen molar-refractivity contribution in [2.45, 2.75) is 38.1 Å². The summed E-state index contributed by atoms with van der Waals surface area (Å²) in [6, 6.07) is 6.99. The number of nitrogens with zero attached hydrogens (tertiary/aromatic N) is 3. The normalized spacial score (nSPS) is 22.3. The van der Waals surface area contributed by atoms with Crippen molar-refractivity contribution in [1.82, 2.24) is 14.5 Å². The van der Waals surface area contributed by atoms with Crippen molar-refractivity contribution in [1.29, 1.82) is 0 Å². The molecule has 2 atom stereocenters. The summed E-state index contributed by atoms with van der Waals surface area (Å²) in [5, 5.41) is -0.0602. The third-order valence-electron chi connectivity index (χ3n) is 4.19. The first-order valence-electron chi connectivity index (χ1n) is 7.37. The average molecular weight is 292 g/mol. The Balaban J connectivity index is 2.13. The first-order valence-corrected chi connectivity index (χ1v) is 7.81. The highest BCUT2D eigenvalue weighted by Gasteiger charge is 2.25. The number of aryl methyl sites for hydroxylation is 1. The van der Waals surface area contributed by atoms with Crippen LogP contribution in [0.5, 0.6) is 0 Å². The van der Waals surface area contributed by atoms with Crippen LogP contribution in [0.1, 0.15) is 42.6 Å². The Kier molecular flexibility index (Phi) is 3.74. The van der Waals surface area contributed by atoms with E-state index in [9.17, 15) is 0 Å². The predicted molar refractivity (Wildman–Crippen MR) is 84.5 cm³/mol. The molecule has 2 heterocycles. The summed E-state index contributed by atoms with van der Waals surface area (Å²) in [6.45, 7) is 6.39. The molecule has 0 bridgehead atoms. The molecule has 20 heavy (non-hydrogen) atoms. The summed E-state index contributed by atoms with van der Waals surface area (Å²) in [5.74, 6) is 1.01. The van der Waals surface area contributed by atoms with E-state index in [0.717, 1.165) is 17.9 Å². The van der Waals surface area contributed by atoms with E-state index >= 15 is 0 Å². The molecular weight excluding hydrogens is 270 g/mol. The largest absolute Gasteiger partial charge is 0.322 e. The number of hydrogen-bond donors (Lipinski definition) is 0. The highest BCUT2D eigenvalue weighted by atomic mass is 35.5. The van der Waals surface area contributed by atoms with Gasteiger partial charge in [0.15, 0.2) is 0 Å². The van der Waals surface area contributed by atoms with Crippen molar-refractivity contribution in [3.05, 3.63) is 29.6 Å². The van der Waals surface area contributed by atoms with Gasteiger partial charge in [0.05, 0.1) is 16.4 Å². The fourth-order valence-corrected chi connectivity index (χ4v) is 3.40. The molecule has 3 nitrogen and oxygen atoms in total. The molecule has 0 N–H and O–H groups in total. The SMILES string of the molecule is Cc1ccc2c(c1)nc(C(C)Cl)n2C1CCCN(C)C1. The van der Waals surface area contributed by atoms with Crippen LogP contribution in [0, 0.1) is 6.92 Å². The molecule has 0 amide bonds. The second-order valence-electron chi connectivity index (χ2n) is 6.01. The zero-order valence-corrected chi connectivity index (χ0v) is 13.2. The smallest absolute Gasteiger partial charge is 0.128 e. The van der Waals surface area contributed by atoms with Gasteiger partial charge in [0.25, 0.3) is 0 Å². The van der Waals surface area contributed by atoms with Crippen molar-refractivity contribution >= 4 is 22.6 Å². The van der Waals surface area contributed by atoms with E-state index in [0.29, 0.717) is 6.04 Å². The first-order chi connectivity index (χ1) is 9.56. The quantitative estimate of drug-likeness (QED) is 0.782. The van der Waals surface area contributed by atoms with E-state index in [2.05, 4.69) is 41.6 Å². The number of fused-ring (bicyclic) bond motifs is 1. The maximum Gasteiger partial charge on any atom is 0.128 e. The topological polar surface area (TPSA) is 21.1 Å². The molecule has 108 valence electrons. The van der Waals surface area contributed by atoms with Crippen molar-refractivity contribution in [2.24, 2.45) is 0 Å². The van der Waals surface area contributed by atoms with E-state index in [1.165, 1.54) is 30.5 Å². The monoisotopic (exact) mass is 291 g/mol. The third-order valence-corrected chi connectivity index (χ3v) is 4.39. The number of piperidine rings is 1. The van der Waals surface area contributed by atoms with Crippen LogP contribution < -0.4 is 0 Å². The van der Waals surface area contributed by atoms with Crippen LogP contribution in [0.15, 0.2) is 18.2 Å². The summed E-state index contributed by atoms with van der Waals surface area (Å²) < 4.78 is 2.38. The summed E-state index contributed by atoms with van der Waals surface area (Å²) >= 11 is 6.38. The number of alkyl halides is 1. The molecule has 1 aliphatic rings. The number of likely N-dealkylation sites (N-methyl/N-ethyl adjacent to an activating group) is 1. The van der Waals surface area contributed by atoms with E-state index in [-0.39, 0.29) is 5.38 Å². The van der Waals surface area contributed by atoms with Crippen molar-refractivity contribution in [3.63, 3.8) is 0 Å². The van der Waals surface area contributed by atoms with E-state index in [4.69, 9.17) is 16.6 Å². The molecule has 1 aromatic carbocycles. The second-order valence-corrected chi connectivity index (χ2v) is 6.66. The minimum absolute atomic E-state index is 0.0602. The fraction of sp³-hybridized carbons (Fsp3) is 0.562. The van der Waals surface area contributed by atoms with Crippen LogP contribution in [0.2, 0.25) is 0 Å². The Morgan fingerprint density at radius 3 is 2.90 bits per heavy atom. The van der Waals surface area contributed by atoms with Gasteiger partial charge in [-0.1, -0.05) is 6.07 Å². The maximum absolute atomic E-state index is 6.38. The van der Waals surface area contributed by atoms with Gasteiger partial charge in [-0.25, -0.2) is 4.98 Å². The van der Waals surface area contributed by atoms with Gasteiger partial charge in [-0.3, -0.25) is 0 Å². The predicted octanol–water partition coefficient (Wildman–Crippen LogP) is 3.91. The van der Waals surface area contributed by atoms with Crippen LogP contribution in [0.4, 0.5) is 0 Å². The molecule has 2 unspecified atom stereocenters. The van der Waals surface area contributed by atoms with Gasteiger partial charge >= 0.3 is 0 Å². The molecule has 0 saturated carbocycles. The molecule has 1 fully saturated rings. The van der Waals surface area contributed by atoms with Crippen LogP contribution in [0.25, 0.3) is 11.0 Å². The number of likely N-dealkylation sites (tertiary alicyclic amines) is 1. The van der Waals surface area contributed by atoms with Crippen LogP contribution in [-0.4, -0.2) is 34.6 Å². The molecule has 4 heteroatoms. The summed E-state index contributed by atoms with van der Waals surface area (Å²) in [5.41, 5.74) is 3.54. The Hall–Kier alpha value is -1.06. The van der Waals surface area contributed by atoms with Crippen LogP contribution in [-0.2, 0) is 0 Å². The van der Waals surface area contributed by atoms with Crippen molar-refractivity contribution < 1.29 is 0 Å². The molecule has 1 aliphatic heterocycles. The Labute approximate surface area is 125 Å². The number of benzene rings is 1. The number of rotatable bonds is 2. The molecule has 2 aromatic rings. The number of halogens is 1. The van der Waals surface area contributed by atoms with E-state index in [1.807, 2.05) is 6.92 Å². The Bertz CT molecular complexity index is 617. The minimum Gasteiger partial charge on any atom is -0.322 e. The van der Waals surface area contributed by atoms with Gasteiger partial charge < -0.3 is 9.47 Å². The first kappa shape index (κ1) is 13.9. The Morgan fingerprint density at radius 2 is 2.20 bits per heavy atom. The highest BCUT2D eigenvalue weighted by molar-refractivity contribution is 6.20. The molecule has 0 aliphatic carbocycles. The molecule has 3 rings (SSSR count). The number of imidazole rings is 1. The Morgan fingerprint density at radius 1 is 1.40 bits per heavy atom. The van der Waals surface area contributed by atoms with Crippen molar-refractivity contribution in [3.8, 4) is 0 Å². The summed E-state index contributed by atoms with van der Waals surface area (Å²) in [4.78, 5) is 7.19. The molecule has 0 radical (unpaired) electrons. The molecule has 1 aromatic heterocycles. The van der Waals surface area contributed by atoms with Gasteiger partial charge in [-0.05, 0) is 58.0 Å². The van der Waals surface area contributed by atoms with Crippen LogP contribution >= 0.6 is 11.6 Å². The number of hydrogen-bond acceptors (Lipinski definition) is 2. The number of aromatic nitrogens is 2. The minimum atomic E-state index is -0.0602. The second kappa shape index (κ2) is 5.38. The van der Waals surface area contributed by atoms with Crippen molar-refractivity contribution in [2.75, 3.05) is 20.1 Å². The molecular formula is C16H22ClN3. The lowest BCUT2D eigenvalue weighted by molar-refractivity contribution is 0.212. The van der Waals surface area contributed by atoms with Gasteiger partial charge in [-0.15, -0.1) is 11.6 Å². The fourth-order valence-electron chi connectivity index (χ4n) is 3.24. The highest BCUT2D eigenvalue weighted by Crippen LogP contribution is 2.32. The molecule has 0 spiro atoms. The zero-order chi connectivity index (χ0) is 14.3. The lowest BCUT2D eigenvalue weighted by Crippen LogP contribution is -2.34. The standard InChI is InChI=1S/C16H22ClN3/c1-11-6-7-15-14(9-11)18-16(12(2)17)20(15)13-5-4-8-19(3)10-13/h6-7,9,12-13H,4-5,8,10H2,1-3H3. The van der Waals surface area contributed by atoms with E-state index < -0.39 is 0 Å². The van der Waals surface area contributed by atoms with Crippen LogP contribution in [0.3, 0.4) is 0 Å². The summed E-state index contributed by atoms with van der Waals surface area (Å²) in [6.07, 6.45) is 2.45. The van der Waals surface area contributed by atoms with Gasteiger partial charge in [-0.2, -0.15) is 0 Å². The average Bonchev–Trinajstić information content (AvgIpc) is 2.77. The summed E-state index contributed by atoms with van der Waals surface area (Å²) in [7, 11) is 2.19. The maximum atomic E-state index is 6.38.